The van der Waals surface area contributed by atoms with Gasteiger partial charge in [-0.2, -0.15) is 0 Å². The number of fused-ring (bicyclic) bond motifs is 2. The normalized spacial score (nSPS) is 19.5. The van der Waals surface area contributed by atoms with Crippen LogP contribution in [0, 0.1) is 0 Å². The number of morpholine rings is 1. The first-order valence-corrected chi connectivity index (χ1v) is 11.3. The van der Waals surface area contributed by atoms with E-state index in [1.54, 1.807) is 0 Å². The number of hydrogen-bond donors (Lipinski definition) is 0. The van der Waals surface area contributed by atoms with Crippen molar-refractivity contribution in [1.82, 2.24) is 4.90 Å². The van der Waals surface area contributed by atoms with Gasteiger partial charge in [0.1, 0.15) is 19.0 Å². The standard InChI is InChI=1S/C28H27NO4/c30-28(33-18-22-9-5-2-6-10-22)29-25-15-24(16-26(29)20-31-19-25)23-11-13-27(14-12-23)32-17-21-7-3-1-4-8-21/h1-15,25-26H,16-20H2. The number of carbonyl (C=O) groups is 1. The molecule has 0 aliphatic carbocycles. The molecular formula is C28H27NO4. The Bertz CT molecular complexity index is 1100. The summed E-state index contributed by atoms with van der Waals surface area (Å²) >= 11 is 0. The topological polar surface area (TPSA) is 48.0 Å². The van der Waals surface area contributed by atoms with Crippen molar-refractivity contribution in [3.8, 4) is 5.75 Å². The smallest absolute Gasteiger partial charge is 0.411 e. The summed E-state index contributed by atoms with van der Waals surface area (Å²) < 4.78 is 17.3. The third kappa shape index (κ3) is 5.10. The molecule has 3 aromatic carbocycles. The largest absolute Gasteiger partial charge is 0.489 e. The lowest BCUT2D eigenvalue weighted by atomic mass is 9.90. The lowest BCUT2D eigenvalue weighted by Gasteiger charge is -2.43. The van der Waals surface area contributed by atoms with Crippen LogP contribution in [0.15, 0.2) is 91.0 Å². The minimum atomic E-state index is -0.280. The lowest BCUT2D eigenvalue weighted by molar-refractivity contribution is -0.0342. The van der Waals surface area contributed by atoms with Crippen LogP contribution in [0.2, 0.25) is 0 Å². The molecule has 2 unspecified atom stereocenters. The average molecular weight is 442 g/mol. The predicted octanol–water partition coefficient (Wildman–Crippen LogP) is 5.46. The van der Waals surface area contributed by atoms with Crippen LogP contribution in [-0.2, 0) is 22.7 Å². The second-order valence-electron chi connectivity index (χ2n) is 8.40. The zero-order valence-electron chi connectivity index (χ0n) is 18.4. The zero-order valence-corrected chi connectivity index (χ0v) is 18.4. The zero-order chi connectivity index (χ0) is 22.5. The molecule has 0 aromatic heterocycles. The highest BCUT2D eigenvalue weighted by Gasteiger charge is 2.39. The Morgan fingerprint density at radius 3 is 2.18 bits per heavy atom. The molecule has 2 bridgehead atoms. The highest BCUT2D eigenvalue weighted by molar-refractivity contribution is 5.74. The molecule has 1 amide bonds. The van der Waals surface area contributed by atoms with Crippen molar-refractivity contribution in [3.63, 3.8) is 0 Å². The van der Waals surface area contributed by atoms with Crippen molar-refractivity contribution in [2.24, 2.45) is 0 Å². The van der Waals surface area contributed by atoms with Gasteiger partial charge in [-0.3, -0.25) is 4.90 Å². The molecule has 0 saturated carbocycles. The summed E-state index contributed by atoms with van der Waals surface area (Å²) in [7, 11) is 0. The summed E-state index contributed by atoms with van der Waals surface area (Å²) in [5.41, 5.74) is 4.50. The molecular weight excluding hydrogens is 414 g/mol. The number of hydrogen-bond acceptors (Lipinski definition) is 4. The van der Waals surface area contributed by atoms with Crippen molar-refractivity contribution in [3.05, 3.63) is 108 Å². The minimum absolute atomic E-state index is 0.0268. The molecule has 5 heteroatoms. The molecule has 1 fully saturated rings. The van der Waals surface area contributed by atoms with E-state index in [9.17, 15) is 4.79 Å². The van der Waals surface area contributed by atoms with Crippen LogP contribution in [0.5, 0.6) is 5.75 Å². The summed E-state index contributed by atoms with van der Waals surface area (Å²) in [4.78, 5) is 14.7. The molecule has 2 atom stereocenters. The van der Waals surface area contributed by atoms with E-state index in [1.165, 1.54) is 5.57 Å². The van der Waals surface area contributed by atoms with E-state index in [1.807, 2.05) is 65.6 Å². The quantitative estimate of drug-likeness (QED) is 0.510. The van der Waals surface area contributed by atoms with E-state index in [-0.39, 0.29) is 24.8 Å². The maximum Gasteiger partial charge on any atom is 0.411 e. The predicted molar refractivity (Wildman–Crippen MR) is 127 cm³/mol. The molecule has 2 aliphatic rings. The molecule has 0 radical (unpaired) electrons. The molecule has 3 aromatic rings. The summed E-state index contributed by atoms with van der Waals surface area (Å²) in [6.07, 6.45) is 2.59. The molecule has 0 N–H and O–H groups in total. The van der Waals surface area contributed by atoms with Gasteiger partial charge in [-0.25, -0.2) is 4.79 Å². The van der Waals surface area contributed by atoms with E-state index in [0.717, 1.165) is 28.9 Å². The fourth-order valence-electron chi connectivity index (χ4n) is 4.39. The monoisotopic (exact) mass is 441 g/mol. The van der Waals surface area contributed by atoms with Crippen molar-refractivity contribution in [2.75, 3.05) is 13.2 Å². The Balaban J connectivity index is 1.23. The van der Waals surface area contributed by atoms with Gasteiger partial charge in [0.05, 0.1) is 25.3 Å². The van der Waals surface area contributed by atoms with E-state index in [0.29, 0.717) is 19.8 Å². The second-order valence-corrected chi connectivity index (χ2v) is 8.40. The van der Waals surface area contributed by atoms with Gasteiger partial charge in [0.2, 0.25) is 0 Å². The fourth-order valence-corrected chi connectivity index (χ4v) is 4.39. The van der Waals surface area contributed by atoms with Crippen LogP contribution in [-0.4, -0.2) is 36.3 Å². The van der Waals surface area contributed by atoms with Crippen molar-refractivity contribution >= 4 is 11.7 Å². The number of benzene rings is 3. The van der Waals surface area contributed by atoms with Gasteiger partial charge in [0, 0.05) is 0 Å². The summed E-state index contributed by atoms with van der Waals surface area (Å²) in [6, 6.07) is 27.9. The first kappa shape index (κ1) is 21.3. The molecule has 1 saturated heterocycles. The van der Waals surface area contributed by atoms with Crippen LogP contribution in [0.3, 0.4) is 0 Å². The Morgan fingerprint density at radius 1 is 0.848 bits per heavy atom. The van der Waals surface area contributed by atoms with E-state index >= 15 is 0 Å². The third-order valence-corrected chi connectivity index (χ3v) is 6.09. The number of rotatable bonds is 6. The lowest BCUT2D eigenvalue weighted by Crippen LogP contribution is -2.56. The second kappa shape index (κ2) is 9.92. The van der Waals surface area contributed by atoms with Gasteiger partial charge in [0.25, 0.3) is 0 Å². The van der Waals surface area contributed by atoms with Gasteiger partial charge in [0.15, 0.2) is 0 Å². The van der Waals surface area contributed by atoms with Gasteiger partial charge in [-0.1, -0.05) is 78.9 Å². The van der Waals surface area contributed by atoms with Crippen LogP contribution in [0.4, 0.5) is 4.79 Å². The Morgan fingerprint density at radius 2 is 1.52 bits per heavy atom. The highest BCUT2D eigenvalue weighted by Crippen LogP contribution is 2.33. The molecule has 2 heterocycles. The van der Waals surface area contributed by atoms with Crippen molar-refractivity contribution in [1.29, 1.82) is 0 Å². The van der Waals surface area contributed by atoms with Gasteiger partial charge in [-0.15, -0.1) is 0 Å². The van der Waals surface area contributed by atoms with Crippen molar-refractivity contribution < 1.29 is 19.0 Å². The number of amides is 1. The van der Waals surface area contributed by atoms with E-state index < -0.39 is 0 Å². The minimum Gasteiger partial charge on any atom is -0.489 e. The maximum absolute atomic E-state index is 12.9. The Hall–Kier alpha value is -3.57. The molecule has 168 valence electrons. The SMILES string of the molecule is O=C(OCc1ccccc1)N1C2C=C(c3ccc(OCc4ccccc4)cc3)CC1COC2. The highest BCUT2D eigenvalue weighted by atomic mass is 16.6. The molecule has 2 aliphatic heterocycles. The number of nitrogens with zero attached hydrogens (tertiary/aromatic N) is 1. The van der Waals surface area contributed by atoms with Gasteiger partial charge < -0.3 is 14.2 Å². The van der Waals surface area contributed by atoms with E-state index in [2.05, 4.69) is 30.3 Å². The fraction of sp³-hybridized carbons (Fsp3) is 0.250. The summed E-state index contributed by atoms with van der Waals surface area (Å²) in [6.45, 7) is 1.83. The average Bonchev–Trinajstić information content (AvgIpc) is 2.87. The van der Waals surface area contributed by atoms with Gasteiger partial charge >= 0.3 is 6.09 Å². The molecule has 5 rings (SSSR count). The van der Waals surface area contributed by atoms with Crippen LogP contribution in [0.1, 0.15) is 23.1 Å². The maximum atomic E-state index is 12.9. The van der Waals surface area contributed by atoms with Crippen molar-refractivity contribution in [2.45, 2.75) is 31.7 Å². The number of carbonyl (C=O) groups excluding carboxylic acids is 1. The first-order valence-electron chi connectivity index (χ1n) is 11.3. The Kier molecular flexibility index (Phi) is 6.40. The summed E-state index contributed by atoms with van der Waals surface area (Å²) in [5.74, 6) is 0.841. The Labute approximate surface area is 194 Å². The van der Waals surface area contributed by atoms with Crippen LogP contribution >= 0.6 is 0 Å². The first-order chi connectivity index (χ1) is 16.3. The van der Waals surface area contributed by atoms with E-state index in [4.69, 9.17) is 14.2 Å². The van der Waals surface area contributed by atoms with Crippen LogP contribution in [0.25, 0.3) is 5.57 Å². The van der Waals surface area contributed by atoms with Crippen LogP contribution < -0.4 is 4.74 Å². The molecule has 5 nitrogen and oxygen atoms in total. The third-order valence-electron chi connectivity index (χ3n) is 6.09. The molecule has 0 spiro atoms. The number of ether oxygens (including phenoxy) is 3. The summed E-state index contributed by atoms with van der Waals surface area (Å²) in [5, 5.41) is 0. The molecule has 33 heavy (non-hydrogen) atoms. The van der Waals surface area contributed by atoms with Gasteiger partial charge in [-0.05, 0) is 40.8 Å².